The largest absolute Gasteiger partial charge is 0.320 e. The van der Waals surface area contributed by atoms with Crippen LogP contribution >= 0.6 is 35.8 Å². The molecule has 0 saturated heterocycles. The molecule has 5 heteroatoms. The fourth-order valence-electron chi connectivity index (χ4n) is 1.76. The fraction of sp³-hybridized carbons (Fsp3) is 0.500. The molecule has 1 aromatic carbocycles. The Morgan fingerprint density at radius 3 is 2.74 bits per heavy atom. The molecule has 1 atom stereocenters. The van der Waals surface area contributed by atoms with Crippen molar-refractivity contribution in [3.8, 4) is 6.07 Å². The number of hydrogen-bond acceptors (Lipinski definition) is 3. The zero-order chi connectivity index (χ0) is 13.4. The number of nitrogens with one attached hydrogen (secondary N) is 1. The topological polar surface area (TPSA) is 35.8 Å². The predicted molar refractivity (Wildman–Crippen MR) is 86.5 cm³/mol. The highest BCUT2D eigenvalue weighted by Gasteiger charge is 2.12. The number of rotatable bonds is 7. The molecule has 0 aliphatic carbocycles. The molecule has 0 spiro atoms. The third-order valence-electron chi connectivity index (χ3n) is 2.68. The van der Waals surface area contributed by atoms with Gasteiger partial charge < -0.3 is 5.32 Å². The average Bonchev–Trinajstić information content (AvgIpc) is 2.36. The van der Waals surface area contributed by atoms with Crippen LogP contribution in [0.3, 0.4) is 0 Å². The van der Waals surface area contributed by atoms with Gasteiger partial charge in [-0.25, -0.2) is 0 Å². The molecule has 2 nitrogen and oxygen atoms in total. The van der Waals surface area contributed by atoms with E-state index in [1.165, 1.54) is 0 Å². The summed E-state index contributed by atoms with van der Waals surface area (Å²) in [6, 6.07) is 7.69. The van der Waals surface area contributed by atoms with Crippen molar-refractivity contribution >= 4 is 35.8 Å². The highest BCUT2D eigenvalue weighted by atomic mass is 35.5. The molecular formula is C14H20Cl2N2S. The van der Waals surface area contributed by atoms with Crippen molar-refractivity contribution in [3.63, 3.8) is 0 Å². The van der Waals surface area contributed by atoms with E-state index in [0.29, 0.717) is 10.3 Å². The Morgan fingerprint density at radius 1 is 1.42 bits per heavy atom. The summed E-state index contributed by atoms with van der Waals surface area (Å²) >= 11 is 7.78. The molecule has 1 unspecified atom stereocenters. The first-order chi connectivity index (χ1) is 8.71. The van der Waals surface area contributed by atoms with Crippen molar-refractivity contribution in [3.05, 3.63) is 28.8 Å². The second kappa shape index (κ2) is 10.4. The zero-order valence-electron chi connectivity index (χ0n) is 11.3. The van der Waals surface area contributed by atoms with E-state index >= 15 is 0 Å². The minimum Gasteiger partial charge on any atom is -0.320 e. The van der Waals surface area contributed by atoms with Crippen LogP contribution in [0.1, 0.15) is 31.7 Å². The van der Waals surface area contributed by atoms with E-state index in [1.807, 2.05) is 13.1 Å². The van der Waals surface area contributed by atoms with Gasteiger partial charge >= 0.3 is 0 Å². The Labute approximate surface area is 131 Å². The summed E-state index contributed by atoms with van der Waals surface area (Å²) in [5.41, 5.74) is 0.718. The molecule has 0 bridgehead atoms. The van der Waals surface area contributed by atoms with Crippen LogP contribution in [0, 0.1) is 11.3 Å². The van der Waals surface area contributed by atoms with E-state index in [2.05, 4.69) is 18.3 Å². The van der Waals surface area contributed by atoms with Crippen LogP contribution in [-0.4, -0.2) is 18.8 Å². The maximum Gasteiger partial charge on any atom is 0.100 e. The molecule has 0 aliphatic rings. The highest BCUT2D eigenvalue weighted by molar-refractivity contribution is 8.00. The molecule has 1 N–H and O–H groups in total. The van der Waals surface area contributed by atoms with E-state index in [9.17, 15) is 0 Å². The molecule has 106 valence electrons. The molecule has 1 aromatic rings. The van der Waals surface area contributed by atoms with E-state index in [-0.39, 0.29) is 12.4 Å². The SMILES string of the molecule is CCCC(CCNC)Sc1cc(Cl)ccc1C#N.Cl. The summed E-state index contributed by atoms with van der Waals surface area (Å²) in [7, 11) is 1.97. The molecule has 0 heterocycles. The van der Waals surface area contributed by atoms with E-state index < -0.39 is 0 Å². The van der Waals surface area contributed by atoms with Gasteiger partial charge in [0, 0.05) is 15.2 Å². The molecular weight excluding hydrogens is 299 g/mol. The predicted octanol–water partition coefficient (Wildman–Crippen LogP) is 4.50. The molecule has 0 amide bonds. The minimum absolute atomic E-state index is 0. The summed E-state index contributed by atoms with van der Waals surface area (Å²) in [4.78, 5) is 1.000. The smallest absolute Gasteiger partial charge is 0.100 e. The fourth-order valence-corrected chi connectivity index (χ4v) is 3.38. The number of thioether (sulfide) groups is 1. The first-order valence-corrected chi connectivity index (χ1v) is 7.48. The molecule has 0 fully saturated rings. The molecule has 0 aliphatic heterocycles. The third-order valence-corrected chi connectivity index (χ3v) is 4.32. The van der Waals surface area contributed by atoms with Crippen LogP contribution < -0.4 is 5.32 Å². The first kappa shape index (κ1) is 18.6. The quantitative estimate of drug-likeness (QED) is 0.752. The maximum absolute atomic E-state index is 9.11. The van der Waals surface area contributed by atoms with Gasteiger partial charge in [-0.3, -0.25) is 0 Å². The van der Waals surface area contributed by atoms with Crippen LogP contribution in [0.2, 0.25) is 5.02 Å². The van der Waals surface area contributed by atoms with E-state index in [4.69, 9.17) is 16.9 Å². The number of nitrogens with zero attached hydrogens (tertiary/aromatic N) is 1. The lowest BCUT2D eigenvalue weighted by molar-refractivity contribution is 0.648. The van der Waals surface area contributed by atoms with Crippen molar-refractivity contribution in [1.29, 1.82) is 5.26 Å². The number of nitriles is 1. The molecule has 0 aromatic heterocycles. The Balaban J connectivity index is 0.00000324. The number of hydrogen-bond donors (Lipinski definition) is 1. The second-order valence-electron chi connectivity index (χ2n) is 4.17. The Kier molecular flexibility index (Phi) is 10.2. The average molecular weight is 319 g/mol. The van der Waals surface area contributed by atoms with Crippen LogP contribution in [0.5, 0.6) is 0 Å². The van der Waals surface area contributed by atoms with Gasteiger partial charge in [-0.1, -0.05) is 24.9 Å². The lowest BCUT2D eigenvalue weighted by atomic mass is 10.2. The summed E-state index contributed by atoms with van der Waals surface area (Å²) in [5.74, 6) is 0. The van der Waals surface area contributed by atoms with Crippen molar-refractivity contribution in [1.82, 2.24) is 5.32 Å². The van der Waals surface area contributed by atoms with Crippen LogP contribution in [-0.2, 0) is 0 Å². The van der Waals surface area contributed by atoms with Gasteiger partial charge in [0.25, 0.3) is 0 Å². The monoisotopic (exact) mass is 318 g/mol. The van der Waals surface area contributed by atoms with E-state index in [0.717, 1.165) is 36.3 Å². The van der Waals surface area contributed by atoms with Crippen molar-refractivity contribution < 1.29 is 0 Å². The highest BCUT2D eigenvalue weighted by Crippen LogP contribution is 2.32. The number of halogens is 2. The van der Waals surface area contributed by atoms with Crippen LogP contribution in [0.25, 0.3) is 0 Å². The van der Waals surface area contributed by atoms with Gasteiger partial charge in [0.1, 0.15) is 6.07 Å². The molecule has 1 rings (SSSR count). The molecule has 0 saturated carbocycles. The standard InChI is InChI=1S/C14H19ClN2S.ClH/c1-3-4-13(7-8-17-2)18-14-9-12(15)6-5-11(14)10-16;/h5-6,9,13,17H,3-4,7-8H2,1-2H3;1H. The maximum atomic E-state index is 9.11. The lowest BCUT2D eigenvalue weighted by Gasteiger charge is -2.16. The van der Waals surface area contributed by atoms with Gasteiger partial charge in [0.15, 0.2) is 0 Å². The Bertz CT molecular complexity index is 418. The second-order valence-corrected chi connectivity index (χ2v) is 5.95. The van der Waals surface area contributed by atoms with Crippen LogP contribution in [0.15, 0.2) is 23.1 Å². The van der Waals surface area contributed by atoms with Gasteiger partial charge in [-0.05, 0) is 44.6 Å². The van der Waals surface area contributed by atoms with Crippen molar-refractivity contribution in [2.45, 2.75) is 36.3 Å². The summed E-state index contributed by atoms with van der Waals surface area (Å²) in [6.45, 7) is 3.19. The third kappa shape index (κ3) is 6.54. The van der Waals surface area contributed by atoms with Gasteiger partial charge in [-0.2, -0.15) is 5.26 Å². The molecule has 19 heavy (non-hydrogen) atoms. The summed E-state index contributed by atoms with van der Waals surface area (Å²) < 4.78 is 0. The van der Waals surface area contributed by atoms with Gasteiger partial charge in [0.05, 0.1) is 5.56 Å². The zero-order valence-corrected chi connectivity index (χ0v) is 13.7. The summed E-state index contributed by atoms with van der Waals surface area (Å²) in [5, 5.41) is 13.5. The van der Waals surface area contributed by atoms with Gasteiger partial charge in [-0.15, -0.1) is 24.2 Å². The normalized spacial score (nSPS) is 11.5. The van der Waals surface area contributed by atoms with Crippen LogP contribution in [0.4, 0.5) is 0 Å². The first-order valence-electron chi connectivity index (χ1n) is 6.22. The van der Waals surface area contributed by atoms with Crippen molar-refractivity contribution in [2.24, 2.45) is 0 Å². The lowest BCUT2D eigenvalue weighted by Crippen LogP contribution is -2.14. The molecule has 0 radical (unpaired) electrons. The Hall–Kier alpha value is -0.400. The Morgan fingerprint density at radius 2 is 2.16 bits per heavy atom. The van der Waals surface area contributed by atoms with Crippen molar-refractivity contribution in [2.75, 3.05) is 13.6 Å². The van der Waals surface area contributed by atoms with Gasteiger partial charge in [0.2, 0.25) is 0 Å². The summed E-state index contributed by atoms with van der Waals surface area (Å²) in [6.07, 6.45) is 3.42. The number of benzene rings is 1. The minimum atomic E-state index is 0. The van der Waals surface area contributed by atoms with E-state index in [1.54, 1.807) is 23.9 Å².